The molecule has 5 heterocycles. The molecule has 10 nitrogen and oxygen atoms in total. The van der Waals surface area contributed by atoms with Gasteiger partial charge in [-0.2, -0.15) is 5.10 Å². The number of benzene rings is 1. The van der Waals surface area contributed by atoms with Crippen LogP contribution in [0.4, 0.5) is 0 Å². The maximum Gasteiger partial charge on any atom is 0.213 e. The van der Waals surface area contributed by atoms with E-state index in [1.54, 1.807) is 25.6 Å². The van der Waals surface area contributed by atoms with Crippen molar-refractivity contribution >= 4 is 0 Å². The molecule has 35 heavy (non-hydrogen) atoms. The summed E-state index contributed by atoms with van der Waals surface area (Å²) in [4.78, 5) is 13.5. The molecule has 0 aliphatic carbocycles. The molecule has 4 aromatic rings. The van der Waals surface area contributed by atoms with Crippen molar-refractivity contribution in [2.24, 2.45) is 0 Å². The predicted molar refractivity (Wildman–Crippen MR) is 125 cm³/mol. The Morgan fingerprint density at radius 3 is 2.40 bits per heavy atom. The number of pyridine rings is 2. The van der Waals surface area contributed by atoms with E-state index >= 15 is 0 Å². The molecule has 2 aliphatic rings. The molecule has 3 aromatic heterocycles. The van der Waals surface area contributed by atoms with Gasteiger partial charge in [-0.15, -0.1) is 0 Å². The van der Waals surface area contributed by atoms with E-state index in [0.29, 0.717) is 24.1 Å². The molecule has 0 radical (unpaired) electrons. The van der Waals surface area contributed by atoms with Crippen LogP contribution >= 0.6 is 0 Å². The van der Waals surface area contributed by atoms with Gasteiger partial charge in [0.25, 0.3) is 0 Å². The van der Waals surface area contributed by atoms with Crippen molar-refractivity contribution in [2.45, 2.75) is 24.4 Å². The van der Waals surface area contributed by atoms with E-state index in [0.717, 1.165) is 28.1 Å². The lowest BCUT2D eigenvalue weighted by Gasteiger charge is -2.17. The number of ether oxygens (including phenoxy) is 4. The minimum atomic E-state index is -0.608. The van der Waals surface area contributed by atoms with Gasteiger partial charge in [-0.3, -0.25) is 10.1 Å². The highest BCUT2D eigenvalue weighted by Gasteiger charge is 2.48. The van der Waals surface area contributed by atoms with Gasteiger partial charge in [0.2, 0.25) is 5.88 Å². The molecule has 178 valence electrons. The quantitative estimate of drug-likeness (QED) is 0.435. The second kappa shape index (κ2) is 9.06. The summed E-state index contributed by atoms with van der Waals surface area (Å²) in [6.45, 7) is 0.625. The monoisotopic (exact) mass is 473 g/mol. The van der Waals surface area contributed by atoms with Crippen molar-refractivity contribution in [1.82, 2.24) is 25.1 Å². The van der Waals surface area contributed by atoms with Gasteiger partial charge < -0.3 is 24.1 Å². The number of fused-ring (bicyclic) bond motifs is 1. The van der Waals surface area contributed by atoms with Crippen molar-refractivity contribution in [3.63, 3.8) is 0 Å². The van der Waals surface area contributed by atoms with E-state index in [1.807, 2.05) is 42.5 Å². The Kier molecular flexibility index (Phi) is 5.61. The van der Waals surface area contributed by atoms with Crippen molar-refractivity contribution in [2.75, 3.05) is 20.3 Å². The molecule has 2 fully saturated rings. The fourth-order valence-electron chi connectivity index (χ4n) is 4.27. The Bertz CT molecular complexity index is 1290. The van der Waals surface area contributed by atoms with Crippen molar-refractivity contribution in [3.8, 4) is 45.7 Å². The third-order valence-corrected chi connectivity index (χ3v) is 6.16. The van der Waals surface area contributed by atoms with Crippen LogP contribution in [0.15, 0.2) is 60.9 Å². The first-order valence-electron chi connectivity index (χ1n) is 11.3. The second-order valence-electron chi connectivity index (χ2n) is 8.37. The van der Waals surface area contributed by atoms with Gasteiger partial charge in [0.1, 0.15) is 24.1 Å². The Morgan fingerprint density at radius 1 is 0.886 bits per heavy atom. The molecule has 6 rings (SSSR count). The Labute approximate surface area is 200 Å². The molecule has 2 saturated heterocycles. The number of methoxy groups -OCH3 is 1. The standard InChI is InChI=1S/C25H23N5O5/c1-32-17-6-2-14(3-7-17)24-28-25(30-29-24)16-4-8-18(26-11-16)15-5-9-21(27-10-15)35-20-13-34-22-19(31)12-33-23(20)22/h2-11,19-20,22-23,31H,12-13H2,1H3,(H,28,29,30)/t19-,20+,22-,23-/m1/s1. The number of nitrogens with one attached hydrogen (secondary N) is 1. The van der Waals surface area contributed by atoms with Gasteiger partial charge in [0.05, 0.1) is 26.0 Å². The zero-order valence-corrected chi connectivity index (χ0v) is 18.9. The summed E-state index contributed by atoms with van der Waals surface area (Å²) in [5.41, 5.74) is 3.33. The highest BCUT2D eigenvalue weighted by Crippen LogP contribution is 2.30. The predicted octanol–water partition coefficient (Wildman–Crippen LogP) is 2.51. The summed E-state index contributed by atoms with van der Waals surface area (Å²) in [7, 11) is 1.63. The van der Waals surface area contributed by atoms with Crippen LogP contribution in [0.3, 0.4) is 0 Å². The molecular formula is C25H23N5O5. The smallest absolute Gasteiger partial charge is 0.213 e. The number of aromatic nitrogens is 5. The zero-order valence-electron chi connectivity index (χ0n) is 18.9. The molecule has 0 amide bonds. The fourth-order valence-corrected chi connectivity index (χ4v) is 4.27. The van der Waals surface area contributed by atoms with Crippen LogP contribution in [0.5, 0.6) is 11.6 Å². The maximum atomic E-state index is 9.87. The first-order chi connectivity index (χ1) is 17.2. The van der Waals surface area contributed by atoms with Crippen LogP contribution in [-0.4, -0.2) is 75.0 Å². The van der Waals surface area contributed by atoms with Crippen LogP contribution in [-0.2, 0) is 9.47 Å². The molecular weight excluding hydrogens is 450 g/mol. The van der Waals surface area contributed by atoms with Crippen LogP contribution in [0.2, 0.25) is 0 Å². The molecule has 2 N–H and O–H groups in total. The molecule has 0 unspecified atom stereocenters. The summed E-state index contributed by atoms with van der Waals surface area (Å²) < 4.78 is 22.3. The third-order valence-electron chi connectivity index (χ3n) is 6.16. The summed E-state index contributed by atoms with van der Waals surface area (Å²) in [5, 5.41) is 17.2. The van der Waals surface area contributed by atoms with E-state index in [-0.39, 0.29) is 24.9 Å². The largest absolute Gasteiger partial charge is 0.497 e. The zero-order chi connectivity index (χ0) is 23.8. The number of hydrogen-bond donors (Lipinski definition) is 2. The minimum Gasteiger partial charge on any atom is -0.497 e. The van der Waals surface area contributed by atoms with Crippen LogP contribution < -0.4 is 9.47 Å². The number of rotatable bonds is 6. The third kappa shape index (κ3) is 4.23. The van der Waals surface area contributed by atoms with E-state index in [9.17, 15) is 5.11 Å². The van der Waals surface area contributed by atoms with Crippen molar-refractivity contribution in [3.05, 3.63) is 60.9 Å². The summed E-state index contributed by atoms with van der Waals surface area (Å²) in [6, 6.07) is 15.1. The van der Waals surface area contributed by atoms with Crippen LogP contribution in [0.1, 0.15) is 0 Å². The van der Waals surface area contributed by atoms with Gasteiger partial charge in [0, 0.05) is 35.2 Å². The number of nitrogens with zero attached hydrogens (tertiary/aromatic N) is 4. The van der Waals surface area contributed by atoms with Gasteiger partial charge in [0.15, 0.2) is 17.8 Å². The van der Waals surface area contributed by atoms with Gasteiger partial charge in [-0.1, -0.05) is 0 Å². The van der Waals surface area contributed by atoms with E-state index in [2.05, 4.69) is 25.1 Å². The molecule has 1 aromatic carbocycles. The first-order valence-corrected chi connectivity index (χ1v) is 11.3. The highest BCUT2D eigenvalue weighted by molar-refractivity contribution is 5.64. The fraction of sp³-hybridized carbons (Fsp3) is 0.280. The second-order valence-corrected chi connectivity index (χ2v) is 8.37. The lowest BCUT2D eigenvalue weighted by atomic mass is 10.1. The average Bonchev–Trinajstić information content (AvgIpc) is 3.64. The normalized spacial score (nSPS) is 23.3. The summed E-state index contributed by atoms with van der Waals surface area (Å²) in [5.74, 6) is 2.48. The molecule has 4 atom stereocenters. The number of aliphatic hydroxyl groups is 1. The SMILES string of the molecule is COc1ccc(-c2nc(-c3ccc(-c4ccc(O[C@H]5CO[C@H]6[C@@H]5OC[C@H]6O)nc4)nc3)n[nH]2)cc1. The molecule has 0 spiro atoms. The van der Waals surface area contributed by atoms with Gasteiger partial charge in [-0.25, -0.2) is 9.97 Å². The number of aromatic amines is 1. The lowest BCUT2D eigenvalue weighted by Crippen LogP contribution is -2.34. The molecule has 0 saturated carbocycles. The summed E-state index contributed by atoms with van der Waals surface area (Å²) >= 11 is 0. The Hall–Kier alpha value is -3.86. The summed E-state index contributed by atoms with van der Waals surface area (Å²) in [6.07, 6.45) is 1.93. The highest BCUT2D eigenvalue weighted by atomic mass is 16.6. The van der Waals surface area contributed by atoms with Crippen molar-refractivity contribution < 1.29 is 24.1 Å². The van der Waals surface area contributed by atoms with Crippen LogP contribution in [0.25, 0.3) is 34.0 Å². The van der Waals surface area contributed by atoms with Crippen molar-refractivity contribution in [1.29, 1.82) is 0 Å². The first kappa shape index (κ1) is 21.7. The number of H-pyrrole nitrogens is 1. The molecule has 0 bridgehead atoms. The molecule has 2 aliphatic heterocycles. The Balaban J connectivity index is 1.12. The van der Waals surface area contributed by atoms with E-state index in [1.165, 1.54) is 0 Å². The number of hydrogen-bond acceptors (Lipinski definition) is 9. The minimum absolute atomic E-state index is 0.264. The maximum absolute atomic E-state index is 9.87. The van der Waals surface area contributed by atoms with Crippen LogP contribution in [0, 0.1) is 0 Å². The average molecular weight is 473 g/mol. The molecule has 10 heteroatoms. The van der Waals surface area contributed by atoms with E-state index < -0.39 is 6.10 Å². The van der Waals surface area contributed by atoms with Gasteiger partial charge >= 0.3 is 0 Å². The number of aliphatic hydroxyl groups excluding tert-OH is 1. The topological polar surface area (TPSA) is 124 Å². The van der Waals surface area contributed by atoms with Gasteiger partial charge in [-0.05, 0) is 42.5 Å². The van der Waals surface area contributed by atoms with E-state index in [4.69, 9.17) is 18.9 Å². The lowest BCUT2D eigenvalue weighted by molar-refractivity contribution is 0.00780. The Morgan fingerprint density at radius 2 is 1.66 bits per heavy atom.